The van der Waals surface area contributed by atoms with E-state index in [1.54, 1.807) is 6.07 Å². The summed E-state index contributed by atoms with van der Waals surface area (Å²) in [5, 5.41) is 11.5. The van der Waals surface area contributed by atoms with E-state index < -0.39 is 0 Å². The van der Waals surface area contributed by atoms with Crippen molar-refractivity contribution in [3.8, 4) is 11.3 Å². The van der Waals surface area contributed by atoms with Crippen molar-refractivity contribution in [1.82, 2.24) is 29.5 Å². The number of fused-ring (bicyclic) bond motifs is 1. The summed E-state index contributed by atoms with van der Waals surface area (Å²) < 4.78 is 3.95. The Labute approximate surface area is 168 Å². The van der Waals surface area contributed by atoms with Crippen LogP contribution >= 0.6 is 0 Å². The minimum atomic E-state index is -0.136. The molecule has 1 saturated carbocycles. The molecule has 0 radical (unpaired) electrons. The Bertz CT molecular complexity index is 1170. The number of benzene rings is 1. The quantitative estimate of drug-likeness (QED) is 0.553. The van der Waals surface area contributed by atoms with Crippen LogP contribution in [0.2, 0.25) is 0 Å². The molecule has 1 aliphatic carbocycles. The lowest BCUT2D eigenvalue weighted by Gasteiger charge is -2.06. The number of carbonyl (C=O) groups excluding carboxylic acids is 1. The first kappa shape index (κ1) is 17.6. The molecule has 7 heteroatoms. The van der Waals surface area contributed by atoms with Gasteiger partial charge in [-0.2, -0.15) is 0 Å². The third-order valence-corrected chi connectivity index (χ3v) is 5.32. The monoisotopic (exact) mass is 386 g/mol. The molecule has 3 heterocycles. The van der Waals surface area contributed by atoms with Crippen molar-refractivity contribution < 1.29 is 4.79 Å². The summed E-state index contributed by atoms with van der Waals surface area (Å²) in [5.74, 6) is 2.23. The number of pyridine rings is 1. The van der Waals surface area contributed by atoms with Crippen molar-refractivity contribution in [2.45, 2.75) is 25.2 Å². The number of amides is 1. The van der Waals surface area contributed by atoms with E-state index in [1.165, 1.54) is 0 Å². The fourth-order valence-corrected chi connectivity index (χ4v) is 3.60. The maximum atomic E-state index is 12.7. The Kier molecular flexibility index (Phi) is 4.35. The highest BCUT2D eigenvalue weighted by Gasteiger charge is 2.29. The second-order valence-electron chi connectivity index (χ2n) is 7.47. The molecular formula is C22H22N6O. The highest BCUT2D eigenvalue weighted by molar-refractivity contribution is 5.99. The predicted molar refractivity (Wildman–Crippen MR) is 110 cm³/mol. The van der Waals surface area contributed by atoms with Gasteiger partial charge in [-0.1, -0.05) is 30.3 Å². The van der Waals surface area contributed by atoms with Crippen LogP contribution in [-0.4, -0.2) is 36.6 Å². The lowest BCUT2D eigenvalue weighted by molar-refractivity contribution is 0.0955. The molecule has 4 aromatic rings. The van der Waals surface area contributed by atoms with Crippen LogP contribution in [-0.2, 0) is 13.5 Å². The van der Waals surface area contributed by atoms with Gasteiger partial charge in [0.15, 0.2) is 5.65 Å². The molecule has 1 aliphatic rings. The molecule has 1 fully saturated rings. The predicted octanol–water partition coefficient (Wildman–Crippen LogP) is 2.98. The summed E-state index contributed by atoms with van der Waals surface area (Å²) in [4.78, 5) is 17.5. The van der Waals surface area contributed by atoms with Gasteiger partial charge in [0.05, 0.1) is 11.3 Å². The van der Waals surface area contributed by atoms with Gasteiger partial charge in [0.1, 0.15) is 11.6 Å². The summed E-state index contributed by atoms with van der Waals surface area (Å²) >= 11 is 0. The second kappa shape index (κ2) is 7.16. The normalized spacial score (nSPS) is 13.7. The van der Waals surface area contributed by atoms with Gasteiger partial charge in [-0.3, -0.25) is 9.20 Å². The molecule has 0 aliphatic heterocycles. The van der Waals surface area contributed by atoms with Gasteiger partial charge in [0.2, 0.25) is 0 Å². The Hall–Kier alpha value is -3.48. The molecule has 0 atom stereocenters. The van der Waals surface area contributed by atoms with E-state index in [9.17, 15) is 4.79 Å². The SMILES string of the molecule is Cn1cc(-c2ccccc2)nc1CCNC(=O)c1cccn2c(C3CC3)nnc12. The first-order valence-electron chi connectivity index (χ1n) is 9.90. The van der Waals surface area contributed by atoms with Gasteiger partial charge in [-0.25, -0.2) is 4.98 Å². The van der Waals surface area contributed by atoms with E-state index >= 15 is 0 Å². The second-order valence-corrected chi connectivity index (χ2v) is 7.47. The number of imidazole rings is 1. The first-order chi connectivity index (χ1) is 14.2. The van der Waals surface area contributed by atoms with Crippen LogP contribution < -0.4 is 5.32 Å². The molecule has 1 aromatic carbocycles. The summed E-state index contributed by atoms with van der Waals surface area (Å²) in [6, 6.07) is 13.8. The summed E-state index contributed by atoms with van der Waals surface area (Å²) in [5.41, 5.74) is 3.20. The van der Waals surface area contributed by atoms with Crippen molar-refractivity contribution in [3.63, 3.8) is 0 Å². The van der Waals surface area contributed by atoms with Crippen molar-refractivity contribution in [1.29, 1.82) is 0 Å². The molecule has 29 heavy (non-hydrogen) atoms. The Morgan fingerprint density at radius 2 is 1.97 bits per heavy atom. The molecule has 0 unspecified atom stereocenters. The summed E-state index contributed by atoms with van der Waals surface area (Å²) in [6.45, 7) is 0.503. The largest absolute Gasteiger partial charge is 0.351 e. The van der Waals surface area contributed by atoms with E-state index in [-0.39, 0.29) is 5.91 Å². The highest BCUT2D eigenvalue weighted by atomic mass is 16.1. The number of nitrogens with zero attached hydrogens (tertiary/aromatic N) is 5. The average molecular weight is 386 g/mol. The van der Waals surface area contributed by atoms with E-state index in [0.717, 1.165) is 35.7 Å². The molecule has 146 valence electrons. The Morgan fingerprint density at radius 1 is 1.14 bits per heavy atom. The zero-order valence-electron chi connectivity index (χ0n) is 16.2. The number of hydrogen-bond acceptors (Lipinski definition) is 4. The molecular weight excluding hydrogens is 364 g/mol. The fourth-order valence-electron chi connectivity index (χ4n) is 3.60. The molecule has 0 bridgehead atoms. The Balaban J connectivity index is 1.27. The van der Waals surface area contributed by atoms with Gasteiger partial charge in [0.25, 0.3) is 5.91 Å². The number of aromatic nitrogens is 5. The van der Waals surface area contributed by atoms with Crippen LogP contribution in [0.4, 0.5) is 0 Å². The maximum Gasteiger partial charge on any atom is 0.255 e. The van der Waals surface area contributed by atoms with Crippen molar-refractivity contribution >= 4 is 11.6 Å². The van der Waals surface area contributed by atoms with Crippen LogP contribution in [0, 0.1) is 0 Å². The van der Waals surface area contributed by atoms with Crippen LogP contribution in [0.15, 0.2) is 54.9 Å². The van der Waals surface area contributed by atoms with Gasteiger partial charge >= 0.3 is 0 Å². The van der Waals surface area contributed by atoms with E-state index in [4.69, 9.17) is 4.98 Å². The number of hydrogen-bond donors (Lipinski definition) is 1. The van der Waals surface area contributed by atoms with Gasteiger partial charge in [-0.05, 0) is 25.0 Å². The standard InChI is InChI=1S/C22H22N6O/c1-27-14-18(15-6-3-2-4-7-15)24-19(27)11-12-23-22(29)17-8-5-13-28-20(16-9-10-16)25-26-21(17)28/h2-8,13-14,16H,9-12H2,1H3,(H,23,29). The van der Waals surface area contributed by atoms with Crippen LogP contribution in [0.25, 0.3) is 16.9 Å². The minimum Gasteiger partial charge on any atom is -0.351 e. The molecule has 7 nitrogen and oxygen atoms in total. The van der Waals surface area contributed by atoms with Crippen LogP contribution in [0.1, 0.15) is 40.8 Å². The molecule has 0 spiro atoms. The lowest BCUT2D eigenvalue weighted by Crippen LogP contribution is -2.27. The molecule has 5 rings (SSSR count). The average Bonchev–Trinajstić information content (AvgIpc) is 3.39. The Morgan fingerprint density at radius 3 is 2.76 bits per heavy atom. The highest BCUT2D eigenvalue weighted by Crippen LogP contribution is 2.39. The van der Waals surface area contributed by atoms with Gasteiger partial charge in [-0.15, -0.1) is 10.2 Å². The minimum absolute atomic E-state index is 0.136. The zero-order chi connectivity index (χ0) is 19.8. The third-order valence-electron chi connectivity index (χ3n) is 5.32. The lowest BCUT2D eigenvalue weighted by atomic mass is 10.2. The number of nitrogens with one attached hydrogen (secondary N) is 1. The molecule has 1 amide bonds. The summed E-state index contributed by atoms with van der Waals surface area (Å²) in [7, 11) is 1.98. The van der Waals surface area contributed by atoms with Crippen molar-refractivity contribution in [2.24, 2.45) is 7.05 Å². The molecule has 3 aromatic heterocycles. The number of rotatable bonds is 6. The fraction of sp³-hybridized carbons (Fsp3) is 0.273. The van der Waals surface area contributed by atoms with E-state index in [1.807, 2.05) is 64.8 Å². The third kappa shape index (κ3) is 3.40. The van der Waals surface area contributed by atoms with E-state index in [2.05, 4.69) is 15.5 Å². The molecule has 0 saturated heterocycles. The van der Waals surface area contributed by atoms with Gasteiger partial charge in [0, 0.05) is 43.9 Å². The number of carbonyl (C=O) groups is 1. The van der Waals surface area contributed by atoms with Crippen LogP contribution in [0.3, 0.4) is 0 Å². The van der Waals surface area contributed by atoms with Crippen LogP contribution in [0.5, 0.6) is 0 Å². The van der Waals surface area contributed by atoms with Gasteiger partial charge < -0.3 is 9.88 Å². The van der Waals surface area contributed by atoms with Crippen molar-refractivity contribution in [2.75, 3.05) is 6.54 Å². The molecule has 1 N–H and O–H groups in total. The first-order valence-corrected chi connectivity index (χ1v) is 9.90. The smallest absolute Gasteiger partial charge is 0.255 e. The van der Waals surface area contributed by atoms with Crippen molar-refractivity contribution in [3.05, 3.63) is 72.1 Å². The zero-order valence-corrected chi connectivity index (χ0v) is 16.2. The van der Waals surface area contributed by atoms with E-state index in [0.29, 0.717) is 30.1 Å². The topological polar surface area (TPSA) is 77.1 Å². The number of aryl methyl sites for hydroxylation is 1. The summed E-state index contributed by atoms with van der Waals surface area (Å²) in [6.07, 6.45) is 6.89. The maximum absolute atomic E-state index is 12.7.